The van der Waals surface area contributed by atoms with Gasteiger partial charge in [-0.2, -0.15) is 0 Å². The zero-order valence-electron chi connectivity index (χ0n) is 12.9. The molecule has 0 fully saturated rings. The number of rotatable bonds is 4. The molecule has 0 saturated heterocycles. The molecule has 5 heteroatoms. The number of carbonyl (C=O) groups is 1. The highest BCUT2D eigenvalue weighted by atomic mass is 16.1. The number of pyridine rings is 1. The van der Waals surface area contributed by atoms with Gasteiger partial charge in [0.25, 0.3) is 0 Å². The number of nitrogens with one attached hydrogen (secondary N) is 1. The summed E-state index contributed by atoms with van der Waals surface area (Å²) in [5, 5.41) is 2.92. The van der Waals surface area contributed by atoms with E-state index >= 15 is 0 Å². The normalized spacial score (nSPS) is 11.5. The van der Waals surface area contributed by atoms with E-state index in [2.05, 4.69) is 33.5 Å². The zero-order chi connectivity index (χ0) is 16.2. The molecule has 1 atom stereocenters. The molecule has 0 aliphatic carbocycles. The quantitative estimate of drug-likeness (QED) is 0.670. The van der Waals surface area contributed by atoms with Crippen LogP contribution in [0.2, 0.25) is 0 Å². The van der Waals surface area contributed by atoms with Crippen LogP contribution in [0.4, 0.5) is 0 Å². The summed E-state index contributed by atoms with van der Waals surface area (Å²) >= 11 is 0. The first-order chi connectivity index (χ1) is 10.7. The smallest absolute Gasteiger partial charge is 0.248 e. The van der Waals surface area contributed by atoms with Crippen molar-refractivity contribution in [3.8, 4) is 11.1 Å². The van der Waals surface area contributed by atoms with E-state index in [9.17, 15) is 4.79 Å². The zero-order valence-corrected chi connectivity index (χ0v) is 12.9. The maximum atomic E-state index is 10.7. The lowest BCUT2D eigenvalue weighted by molar-refractivity contribution is -0.118. The number of nitrogens with zero attached hydrogens (tertiary/aromatic N) is 2. The van der Waals surface area contributed by atoms with Crippen molar-refractivity contribution in [2.45, 2.75) is 19.4 Å². The maximum Gasteiger partial charge on any atom is 0.248 e. The van der Waals surface area contributed by atoms with E-state index in [0.29, 0.717) is 6.42 Å². The van der Waals surface area contributed by atoms with E-state index in [1.165, 1.54) is 5.56 Å². The predicted molar refractivity (Wildman–Crippen MR) is 90.5 cm³/mol. The Labute approximate surface area is 131 Å². The molecule has 1 aromatic heterocycles. The second kappa shape index (κ2) is 10.2. The van der Waals surface area contributed by atoms with Gasteiger partial charge in [-0.05, 0) is 31.2 Å². The number of carbonyl (C=O) groups excluding carboxylic acids is 1. The molecule has 0 aliphatic rings. The average molecular weight is 298 g/mol. The Hall–Kier alpha value is -2.53. The van der Waals surface area contributed by atoms with Gasteiger partial charge in [-0.1, -0.05) is 36.4 Å². The van der Waals surface area contributed by atoms with Crippen LogP contribution in [0.25, 0.3) is 11.1 Å². The molecular weight excluding hydrogens is 276 g/mol. The first-order valence-corrected chi connectivity index (χ1v) is 7.07. The number of aliphatic imine (C=N–C) groups is 1. The molecular formula is C17H22N4O. The van der Waals surface area contributed by atoms with Gasteiger partial charge in [0.15, 0.2) is 0 Å². The fourth-order valence-corrected chi connectivity index (χ4v) is 1.66. The van der Waals surface area contributed by atoms with Crippen molar-refractivity contribution in [2.24, 2.45) is 10.7 Å². The van der Waals surface area contributed by atoms with Gasteiger partial charge in [-0.15, -0.1) is 0 Å². The van der Waals surface area contributed by atoms with Crippen LogP contribution in [-0.2, 0) is 4.79 Å². The Morgan fingerprint density at radius 3 is 2.50 bits per heavy atom. The summed E-state index contributed by atoms with van der Waals surface area (Å²) in [4.78, 5) is 18.1. The van der Waals surface area contributed by atoms with Crippen LogP contribution in [0, 0.1) is 0 Å². The molecule has 1 heterocycles. The van der Waals surface area contributed by atoms with Crippen LogP contribution in [0.5, 0.6) is 0 Å². The Balaban J connectivity index is 0.000000225. The first kappa shape index (κ1) is 17.5. The topological polar surface area (TPSA) is 80.4 Å². The SMILES string of the molecule is CNC(C)CC(=O)N=CN.c1ccc(-c2cccnc2)cc1. The molecule has 1 unspecified atom stereocenters. The second-order valence-electron chi connectivity index (χ2n) is 4.67. The summed E-state index contributed by atoms with van der Waals surface area (Å²) in [5.74, 6) is -0.190. The highest BCUT2D eigenvalue weighted by Gasteiger charge is 2.03. The van der Waals surface area contributed by atoms with Gasteiger partial charge in [0.05, 0.1) is 6.34 Å². The third kappa shape index (κ3) is 6.76. The number of aromatic nitrogens is 1. The molecule has 0 saturated carbocycles. The Morgan fingerprint density at radius 2 is 1.95 bits per heavy atom. The number of hydrogen-bond acceptors (Lipinski definition) is 3. The van der Waals surface area contributed by atoms with Gasteiger partial charge in [-0.3, -0.25) is 9.78 Å². The van der Waals surface area contributed by atoms with E-state index in [0.717, 1.165) is 11.9 Å². The number of benzene rings is 1. The average Bonchev–Trinajstić information content (AvgIpc) is 2.57. The Morgan fingerprint density at radius 1 is 1.27 bits per heavy atom. The minimum Gasteiger partial charge on any atom is -0.390 e. The van der Waals surface area contributed by atoms with Crippen molar-refractivity contribution in [2.75, 3.05) is 7.05 Å². The molecule has 2 aromatic rings. The predicted octanol–water partition coefficient (Wildman–Crippen LogP) is 2.25. The molecule has 2 rings (SSSR count). The van der Waals surface area contributed by atoms with Crippen molar-refractivity contribution in [3.63, 3.8) is 0 Å². The van der Waals surface area contributed by atoms with Crippen LogP contribution >= 0.6 is 0 Å². The lowest BCUT2D eigenvalue weighted by Crippen LogP contribution is -2.23. The standard InChI is InChI=1S/C11H9N.C6H13N3O/c1-2-5-10(6-3-1)11-7-4-8-12-9-11;1-5(8-2)3-6(10)9-4-7/h1-9H;4-5,8H,3H2,1-2H3,(H2,7,9,10). The summed E-state index contributed by atoms with van der Waals surface area (Å²) in [6.07, 6.45) is 5.07. The molecule has 116 valence electrons. The summed E-state index contributed by atoms with van der Waals surface area (Å²) in [5.41, 5.74) is 7.29. The molecule has 0 spiro atoms. The highest BCUT2D eigenvalue weighted by molar-refractivity contribution is 5.84. The van der Waals surface area contributed by atoms with Gasteiger partial charge in [0.1, 0.15) is 0 Å². The number of nitrogens with two attached hydrogens (primary N) is 1. The van der Waals surface area contributed by atoms with Crippen molar-refractivity contribution in [3.05, 3.63) is 54.9 Å². The van der Waals surface area contributed by atoms with Crippen LogP contribution in [-0.4, -0.2) is 30.3 Å². The second-order valence-corrected chi connectivity index (χ2v) is 4.67. The third-order valence-electron chi connectivity index (χ3n) is 2.96. The summed E-state index contributed by atoms with van der Waals surface area (Å²) in [6.45, 7) is 1.91. The molecule has 3 N–H and O–H groups in total. The molecule has 0 aliphatic heterocycles. The Bertz CT molecular complexity index is 532. The van der Waals surface area contributed by atoms with Gasteiger partial charge in [0.2, 0.25) is 5.91 Å². The fraction of sp³-hybridized carbons (Fsp3) is 0.235. The number of hydrogen-bond donors (Lipinski definition) is 2. The van der Waals surface area contributed by atoms with Gasteiger partial charge in [-0.25, -0.2) is 4.99 Å². The van der Waals surface area contributed by atoms with Gasteiger partial charge < -0.3 is 11.1 Å². The van der Waals surface area contributed by atoms with E-state index < -0.39 is 0 Å². The largest absolute Gasteiger partial charge is 0.390 e. The van der Waals surface area contributed by atoms with E-state index in [1.807, 2.05) is 37.4 Å². The van der Waals surface area contributed by atoms with Crippen LogP contribution in [0.3, 0.4) is 0 Å². The maximum absolute atomic E-state index is 10.7. The van der Waals surface area contributed by atoms with Gasteiger partial charge in [0, 0.05) is 24.9 Å². The van der Waals surface area contributed by atoms with Crippen molar-refractivity contribution in [1.29, 1.82) is 0 Å². The van der Waals surface area contributed by atoms with E-state index in [4.69, 9.17) is 5.73 Å². The van der Waals surface area contributed by atoms with Crippen LogP contribution < -0.4 is 11.1 Å². The highest BCUT2D eigenvalue weighted by Crippen LogP contribution is 2.16. The molecule has 5 nitrogen and oxygen atoms in total. The lowest BCUT2D eigenvalue weighted by Gasteiger charge is -2.04. The molecule has 0 bridgehead atoms. The van der Waals surface area contributed by atoms with E-state index in [1.54, 1.807) is 13.2 Å². The first-order valence-electron chi connectivity index (χ1n) is 7.07. The lowest BCUT2D eigenvalue weighted by atomic mass is 10.1. The molecule has 1 aromatic carbocycles. The minimum atomic E-state index is -0.190. The monoisotopic (exact) mass is 298 g/mol. The van der Waals surface area contributed by atoms with Crippen molar-refractivity contribution >= 4 is 12.2 Å². The molecule has 1 amide bonds. The van der Waals surface area contributed by atoms with Crippen molar-refractivity contribution < 1.29 is 4.79 Å². The van der Waals surface area contributed by atoms with Gasteiger partial charge >= 0.3 is 0 Å². The summed E-state index contributed by atoms with van der Waals surface area (Å²) in [6, 6.07) is 14.4. The van der Waals surface area contributed by atoms with E-state index in [-0.39, 0.29) is 11.9 Å². The minimum absolute atomic E-state index is 0.163. The summed E-state index contributed by atoms with van der Waals surface area (Å²) < 4.78 is 0. The molecule has 22 heavy (non-hydrogen) atoms. The third-order valence-corrected chi connectivity index (χ3v) is 2.96. The number of amides is 1. The summed E-state index contributed by atoms with van der Waals surface area (Å²) in [7, 11) is 1.80. The Kier molecular flexibility index (Phi) is 8.15. The van der Waals surface area contributed by atoms with Crippen LogP contribution in [0.1, 0.15) is 13.3 Å². The fourth-order valence-electron chi connectivity index (χ4n) is 1.66. The van der Waals surface area contributed by atoms with Crippen molar-refractivity contribution in [1.82, 2.24) is 10.3 Å². The molecule has 0 radical (unpaired) electrons. The van der Waals surface area contributed by atoms with Crippen LogP contribution in [0.15, 0.2) is 59.9 Å².